The largest absolute Gasteiger partial charge is 0.464 e. The number of oxime groups is 1. The topological polar surface area (TPSA) is 86.8 Å². The van der Waals surface area contributed by atoms with Crippen LogP contribution >= 0.6 is 23.2 Å². The maximum absolute atomic E-state index is 13.4. The number of nitrogens with two attached hydrogens (primary N) is 1. The molecule has 0 unspecified atom stereocenters. The first kappa shape index (κ1) is 18.0. The summed E-state index contributed by atoms with van der Waals surface area (Å²) >= 11 is 11.4. The standard InChI is InChI=1S/C15H12Cl2FN3O3/c1-8(9-5-3-2-4-6-9)21-24-10(22)7-23-15-12(17)13(19)11(16)14(18)20-15/h2-6H,7H2,1H3,(H2,19,20)/b21-8+. The lowest BCUT2D eigenvalue weighted by Crippen LogP contribution is -2.15. The van der Waals surface area contributed by atoms with Gasteiger partial charge in [0.1, 0.15) is 10.0 Å². The highest BCUT2D eigenvalue weighted by Crippen LogP contribution is 2.35. The van der Waals surface area contributed by atoms with Gasteiger partial charge < -0.3 is 15.3 Å². The number of halogens is 3. The van der Waals surface area contributed by atoms with Gasteiger partial charge in [-0.1, -0.05) is 58.7 Å². The lowest BCUT2D eigenvalue weighted by atomic mass is 10.1. The smallest absolute Gasteiger partial charge is 0.372 e. The van der Waals surface area contributed by atoms with Crippen LogP contribution in [0.5, 0.6) is 5.88 Å². The van der Waals surface area contributed by atoms with E-state index in [1.807, 2.05) is 30.3 Å². The summed E-state index contributed by atoms with van der Waals surface area (Å²) in [6.07, 6.45) is 0. The number of nitrogens with zero attached hydrogens (tertiary/aromatic N) is 2. The van der Waals surface area contributed by atoms with E-state index in [2.05, 4.69) is 10.1 Å². The van der Waals surface area contributed by atoms with Crippen LogP contribution in [0.25, 0.3) is 0 Å². The molecule has 0 aliphatic carbocycles. The summed E-state index contributed by atoms with van der Waals surface area (Å²) in [4.78, 5) is 19.7. The molecule has 1 aromatic carbocycles. The molecule has 0 aliphatic heterocycles. The quantitative estimate of drug-likeness (QED) is 0.376. The molecular formula is C15H12Cl2FN3O3. The zero-order valence-electron chi connectivity index (χ0n) is 12.4. The Morgan fingerprint density at radius 1 is 1.29 bits per heavy atom. The highest BCUT2D eigenvalue weighted by molar-refractivity contribution is 6.39. The van der Waals surface area contributed by atoms with Crippen LogP contribution in [0.1, 0.15) is 12.5 Å². The average Bonchev–Trinajstić information content (AvgIpc) is 2.60. The van der Waals surface area contributed by atoms with Gasteiger partial charge in [-0.15, -0.1) is 0 Å². The summed E-state index contributed by atoms with van der Waals surface area (Å²) in [6, 6.07) is 9.13. The van der Waals surface area contributed by atoms with Crippen molar-refractivity contribution in [2.75, 3.05) is 12.3 Å². The number of benzene rings is 1. The predicted octanol–water partition coefficient (Wildman–Crippen LogP) is 3.46. The molecule has 1 aromatic heterocycles. The van der Waals surface area contributed by atoms with E-state index in [-0.39, 0.29) is 16.6 Å². The van der Waals surface area contributed by atoms with E-state index in [9.17, 15) is 9.18 Å². The van der Waals surface area contributed by atoms with Crippen molar-refractivity contribution >= 4 is 40.6 Å². The lowest BCUT2D eigenvalue weighted by Gasteiger charge is -2.08. The fraction of sp³-hybridized carbons (Fsp3) is 0.133. The Balaban J connectivity index is 1.97. The second-order valence-corrected chi connectivity index (χ2v) is 5.30. The van der Waals surface area contributed by atoms with E-state index in [1.54, 1.807) is 6.92 Å². The van der Waals surface area contributed by atoms with E-state index in [1.165, 1.54) is 0 Å². The molecule has 0 bridgehead atoms. The number of aromatic nitrogens is 1. The summed E-state index contributed by atoms with van der Waals surface area (Å²) in [5.41, 5.74) is 6.56. The van der Waals surface area contributed by atoms with Crippen LogP contribution in [0.3, 0.4) is 0 Å². The fourth-order valence-electron chi connectivity index (χ4n) is 1.61. The molecule has 2 N–H and O–H groups in total. The minimum absolute atomic E-state index is 0.196. The van der Waals surface area contributed by atoms with Crippen molar-refractivity contribution in [1.29, 1.82) is 0 Å². The zero-order valence-corrected chi connectivity index (χ0v) is 13.9. The third-order valence-electron chi connectivity index (χ3n) is 2.84. The molecule has 0 amide bonds. The third kappa shape index (κ3) is 4.33. The van der Waals surface area contributed by atoms with Gasteiger partial charge in [0, 0.05) is 0 Å². The maximum atomic E-state index is 13.4. The van der Waals surface area contributed by atoms with E-state index >= 15 is 0 Å². The van der Waals surface area contributed by atoms with E-state index in [0.717, 1.165) is 5.56 Å². The van der Waals surface area contributed by atoms with Gasteiger partial charge in [0.15, 0.2) is 6.61 Å². The van der Waals surface area contributed by atoms with Gasteiger partial charge in [-0.05, 0) is 12.5 Å². The maximum Gasteiger partial charge on any atom is 0.372 e. The molecule has 9 heteroatoms. The summed E-state index contributed by atoms with van der Waals surface area (Å²) in [5, 5.41) is 3.08. The lowest BCUT2D eigenvalue weighted by molar-refractivity contribution is -0.146. The van der Waals surface area contributed by atoms with Gasteiger partial charge in [-0.3, -0.25) is 0 Å². The van der Waals surface area contributed by atoms with E-state index < -0.39 is 23.5 Å². The van der Waals surface area contributed by atoms with Gasteiger partial charge in [0.2, 0.25) is 11.8 Å². The van der Waals surface area contributed by atoms with Crippen molar-refractivity contribution in [3.05, 3.63) is 51.9 Å². The fourth-order valence-corrected chi connectivity index (χ4v) is 1.99. The number of nitrogen functional groups attached to an aromatic ring is 1. The summed E-state index contributed by atoms with van der Waals surface area (Å²) in [6.45, 7) is 1.09. The Morgan fingerprint density at radius 2 is 1.96 bits per heavy atom. The summed E-state index contributed by atoms with van der Waals surface area (Å²) in [7, 11) is 0. The first-order valence-corrected chi connectivity index (χ1v) is 7.38. The van der Waals surface area contributed by atoms with Crippen molar-refractivity contribution in [3.63, 3.8) is 0 Å². The molecule has 0 fully saturated rings. The number of rotatable bonds is 5. The minimum Gasteiger partial charge on any atom is -0.464 e. The Hall–Kier alpha value is -2.38. The average molecular weight is 372 g/mol. The molecule has 0 saturated carbocycles. The second kappa shape index (κ2) is 7.94. The number of pyridine rings is 1. The first-order chi connectivity index (χ1) is 11.4. The van der Waals surface area contributed by atoms with Crippen LogP contribution in [0.15, 0.2) is 35.5 Å². The molecule has 1 heterocycles. The van der Waals surface area contributed by atoms with Crippen LogP contribution in [0.2, 0.25) is 10.0 Å². The van der Waals surface area contributed by atoms with Gasteiger partial charge in [-0.2, -0.15) is 9.37 Å². The zero-order chi connectivity index (χ0) is 17.7. The van der Waals surface area contributed by atoms with Crippen LogP contribution in [-0.2, 0) is 9.63 Å². The molecule has 0 saturated heterocycles. The Labute approximate surface area is 147 Å². The predicted molar refractivity (Wildman–Crippen MR) is 88.9 cm³/mol. The van der Waals surface area contributed by atoms with Crippen LogP contribution in [-0.4, -0.2) is 23.3 Å². The molecule has 24 heavy (non-hydrogen) atoms. The van der Waals surface area contributed by atoms with Crippen LogP contribution < -0.4 is 10.5 Å². The monoisotopic (exact) mass is 371 g/mol. The third-order valence-corrected chi connectivity index (χ3v) is 3.57. The van der Waals surface area contributed by atoms with E-state index in [0.29, 0.717) is 5.71 Å². The van der Waals surface area contributed by atoms with Crippen molar-refractivity contribution in [3.8, 4) is 5.88 Å². The van der Waals surface area contributed by atoms with Crippen LogP contribution in [0.4, 0.5) is 10.1 Å². The highest BCUT2D eigenvalue weighted by atomic mass is 35.5. The SMILES string of the molecule is C/C(=N\OC(=O)COc1nc(F)c(Cl)c(N)c1Cl)c1ccccc1. The first-order valence-electron chi connectivity index (χ1n) is 6.62. The number of hydrogen-bond donors (Lipinski definition) is 1. The minimum atomic E-state index is -1.06. The normalized spacial score (nSPS) is 11.2. The number of ether oxygens (including phenoxy) is 1. The van der Waals surface area contributed by atoms with Crippen molar-refractivity contribution < 1.29 is 18.8 Å². The van der Waals surface area contributed by atoms with Crippen molar-refractivity contribution in [2.45, 2.75) is 6.92 Å². The number of carbonyl (C=O) groups excluding carboxylic acids is 1. The highest BCUT2D eigenvalue weighted by Gasteiger charge is 2.17. The van der Waals surface area contributed by atoms with E-state index in [4.69, 9.17) is 38.5 Å². The number of anilines is 1. The Kier molecular flexibility index (Phi) is 5.94. The van der Waals surface area contributed by atoms with Gasteiger partial charge >= 0.3 is 5.97 Å². The summed E-state index contributed by atoms with van der Waals surface area (Å²) in [5.74, 6) is -2.24. The molecule has 0 spiro atoms. The molecule has 0 aliphatic rings. The molecule has 0 atom stereocenters. The van der Waals surface area contributed by atoms with Gasteiger partial charge in [0.05, 0.1) is 11.4 Å². The van der Waals surface area contributed by atoms with Gasteiger partial charge in [0.25, 0.3) is 0 Å². The Bertz CT molecular complexity index is 785. The van der Waals surface area contributed by atoms with Crippen molar-refractivity contribution in [1.82, 2.24) is 4.98 Å². The summed E-state index contributed by atoms with van der Waals surface area (Å²) < 4.78 is 18.4. The van der Waals surface area contributed by atoms with Crippen LogP contribution in [0, 0.1) is 5.95 Å². The molecule has 126 valence electrons. The number of carbonyl (C=O) groups is 1. The second-order valence-electron chi connectivity index (χ2n) is 4.54. The molecule has 6 nitrogen and oxygen atoms in total. The number of hydrogen-bond acceptors (Lipinski definition) is 6. The molecule has 2 rings (SSSR count). The molecular weight excluding hydrogens is 360 g/mol. The van der Waals surface area contributed by atoms with Gasteiger partial charge in [-0.25, -0.2) is 4.79 Å². The Morgan fingerprint density at radius 3 is 2.62 bits per heavy atom. The van der Waals surface area contributed by atoms with Crippen molar-refractivity contribution in [2.24, 2.45) is 5.16 Å². The molecule has 0 radical (unpaired) electrons. The molecule has 2 aromatic rings.